The van der Waals surface area contributed by atoms with Gasteiger partial charge in [-0.2, -0.15) is 0 Å². The van der Waals surface area contributed by atoms with Gasteiger partial charge in [0, 0.05) is 6.54 Å². The van der Waals surface area contributed by atoms with Gasteiger partial charge in [-0.25, -0.2) is 4.39 Å². The Balaban J connectivity index is 3.03. The zero-order valence-electron chi connectivity index (χ0n) is 7.29. The molecular weight excluding hydrogens is 172 g/mol. The van der Waals surface area contributed by atoms with E-state index in [-0.39, 0.29) is 5.46 Å². The number of halogens is 1. The summed E-state index contributed by atoms with van der Waals surface area (Å²) in [5, 5.41) is 20.7. The molecule has 0 heterocycles. The van der Waals surface area contributed by atoms with Crippen molar-refractivity contribution in [1.29, 1.82) is 0 Å². The van der Waals surface area contributed by atoms with Crippen molar-refractivity contribution in [1.82, 2.24) is 5.32 Å². The largest absolute Gasteiger partial charge is 0.488 e. The topological polar surface area (TPSA) is 52.5 Å². The van der Waals surface area contributed by atoms with Crippen LogP contribution >= 0.6 is 0 Å². The van der Waals surface area contributed by atoms with E-state index in [1.54, 1.807) is 7.05 Å². The maximum Gasteiger partial charge on any atom is 0.488 e. The molecule has 0 saturated heterocycles. The van der Waals surface area contributed by atoms with Gasteiger partial charge in [-0.3, -0.25) is 0 Å². The molecule has 1 aromatic carbocycles. The monoisotopic (exact) mass is 183 g/mol. The fraction of sp³-hybridized carbons (Fsp3) is 0.250. The number of nitrogens with one attached hydrogen (secondary N) is 1. The van der Waals surface area contributed by atoms with Crippen LogP contribution in [0.15, 0.2) is 18.2 Å². The number of hydrogen-bond acceptors (Lipinski definition) is 3. The summed E-state index contributed by atoms with van der Waals surface area (Å²) in [6, 6.07) is 3.94. The van der Waals surface area contributed by atoms with Crippen LogP contribution in [0.25, 0.3) is 0 Å². The van der Waals surface area contributed by atoms with Gasteiger partial charge in [-0.05, 0) is 30.2 Å². The van der Waals surface area contributed by atoms with E-state index in [2.05, 4.69) is 5.32 Å². The summed E-state index contributed by atoms with van der Waals surface area (Å²) in [7, 11) is 0.107. The molecule has 0 aliphatic rings. The molecule has 1 rings (SSSR count). The van der Waals surface area contributed by atoms with Gasteiger partial charge in [0.05, 0.1) is 0 Å². The summed E-state index contributed by atoms with van der Waals surface area (Å²) in [5.74, 6) is -0.469. The maximum atomic E-state index is 12.7. The maximum absolute atomic E-state index is 12.7. The third kappa shape index (κ3) is 2.52. The Morgan fingerprint density at radius 1 is 1.46 bits per heavy atom. The number of hydrogen-bond donors (Lipinski definition) is 3. The second-order valence-electron chi connectivity index (χ2n) is 2.75. The zero-order chi connectivity index (χ0) is 9.84. The normalized spacial score (nSPS) is 10.2. The smallest absolute Gasteiger partial charge is 0.423 e. The Morgan fingerprint density at radius 3 is 2.69 bits per heavy atom. The quantitative estimate of drug-likeness (QED) is 0.539. The molecule has 0 aliphatic carbocycles. The molecule has 0 unspecified atom stereocenters. The second-order valence-corrected chi connectivity index (χ2v) is 2.75. The molecule has 0 fully saturated rings. The minimum atomic E-state index is -1.63. The first-order chi connectivity index (χ1) is 6.15. The Labute approximate surface area is 76.4 Å². The van der Waals surface area contributed by atoms with Gasteiger partial charge >= 0.3 is 7.12 Å². The van der Waals surface area contributed by atoms with Gasteiger partial charge in [-0.1, -0.05) is 6.07 Å². The fourth-order valence-electron chi connectivity index (χ4n) is 1.16. The van der Waals surface area contributed by atoms with Crippen LogP contribution in [0.1, 0.15) is 5.56 Å². The lowest BCUT2D eigenvalue weighted by atomic mass is 9.77. The number of benzene rings is 1. The van der Waals surface area contributed by atoms with Gasteiger partial charge in [0.25, 0.3) is 0 Å². The molecule has 0 amide bonds. The van der Waals surface area contributed by atoms with Crippen molar-refractivity contribution in [2.24, 2.45) is 0 Å². The molecule has 1 aromatic rings. The van der Waals surface area contributed by atoms with Crippen LogP contribution in [0, 0.1) is 5.82 Å². The third-order valence-electron chi connectivity index (χ3n) is 1.75. The molecule has 0 aliphatic heterocycles. The minimum Gasteiger partial charge on any atom is -0.423 e. The van der Waals surface area contributed by atoms with E-state index in [1.807, 2.05) is 0 Å². The molecular formula is C8H11BFNO2. The summed E-state index contributed by atoms with van der Waals surface area (Å²) in [6.07, 6.45) is 0. The van der Waals surface area contributed by atoms with Crippen molar-refractivity contribution in [3.8, 4) is 0 Å². The molecule has 0 bridgehead atoms. The lowest BCUT2D eigenvalue weighted by Gasteiger charge is -2.07. The van der Waals surface area contributed by atoms with Gasteiger partial charge in [0.1, 0.15) is 5.82 Å². The van der Waals surface area contributed by atoms with Crippen molar-refractivity contribution >= 4 is 12.6 Å². The summed E-state index contributed by atoms with van der Waals surface area (Å²) in [6.45, 7) is 0.479. The van der Waals surface area contributed by atoms with Gasteiger partial charge in [0.15, 0.2) is 0 Å². The van der Waals surface area contributed by atoms with Gasteiger partial charge in [-0.15, -0.1) is 0 Å². The Bertz CT molecular complexity index is 293. The van der Waals surface area contributed by atoms with Crippen LogP contribution in [0.3, 0.4) is 0 Å². The zero-order valence-corrected chi connectivity index (χ0v) is 7.29. The predicted molar refractivity (Wildman–Crippen MR) is 49.0 cm³/mol. The molecule has 0 atom stereocenters. The molecule has 13 heavy (non-hydrogen) atoms. The Kier molecular flexibility index (Phi) is 3.42. The van der Waals surface area contributed by atoms with E-state index in [9.17, 15) is 4.39 Å². The van der Waals surface area contributed by atoms with Crippen molar-refractivity contribution in [2.75, 3.05) is 7.05 Å². The highest BCUT2D eigenvalue weighted by atomic mass is 19.1. The SMILES string of the molecule is CNCc1ccc(F)cc1B(O)O. The first-order valence-electron chi connectivity index (χ1n) is 3.94. The van der Waals surface area contributed by atoms with Crippen LogP contribution in [0.2, 0.25) is 0 Å². The summed E-state index contributed by atoms with van der Waals surface area (Å²) in [5.41, 5.74) is 0.883. The summed E-state index contributed by atoms with van der Waals surface area (Å²) in [4.78, 5) is 0. The molecule has 0 aromatic heterocycles. The number of rotatable bonds is 3. The first-order valence-corrected chi connectivity index (χ1v) is 3.94. The van der Waals surface area contributed by atoms with E-state index in [0.717, 1.165) is 6.07 Å². The summed E-state index contributed by atoms with van der Waals surface area (Å²) < 4.78 is 12.7. The lowest BCUT2D eigenvalue weighted by Crippen LogP contribution is -2.34. The van der Waals surface area contributed by atoms with Crippen LogP contribution in [-0.4, -0.2) is 24.2 Å². The second kappa shape index (κ2) is 4.36. The van der Waals surface area contributed by atoms with E-state index in [0.29, 0.717) is 12.1 Å². The molecule has 3 N–H and O–H groups in total. The average Bonchev–Trinajstić information content (AvgIpc) is 2.08. The highest BCUT2D eigenvalue weighted by Gasteiger charge is 2.15. The third-order valence-corrected chi connectivity index (χ3v) is 1.75. The Hall–Kier alpha value is -0.905. The molecule has 0 spiro atoms. The Morgan fingerprint density at radius 2 is 2.15 bits per heavy atom. The molecule has 5 heteroatoms. The van der Waals surface area contributed by atoms with Crippen molar-refractivity contribution in [2.45, 2.75) is 6.54 Å². The highest BCUT2D eigenvalue weighted by Crippen LogP contribution is 2.00. The fourth-order valence-corrected chi connectivity index (χ4v) is 1.16. The van der Waals surface area contributed by atoms with Gasteiger partial charge in [0.2, 0.25) is 0 Å². The minimum absolute atomic E-state index is 0.203. The summed E-state index contributed by atoms with van der Waals surface area (Å²) >= 11 is 0. The van der Waals surface area contributed by atoms with Crippen molar-refractivity contribution in [3.63, 3.8) is 0 Å². The van der Waals surface area contributed by atoms with Crippen molar-refractivity contribution < 1.29 is 14.4 Å². The van der Waals surface area contributed by atoms with E-state index < -0.39 is 12.9 Å². The molecule has 3 nitrogen and oxygen atoms in total. The standard InChI is InChI=1S/C8H11BFNO2/c1-11-5-6-2-3-7(10)4-8(6)9(12)13/h2-4,11-13H,5H2,1H3. The lowest BCUT2D eigenvalue weighted by molar-refractivity contribution is 0.425. The average molecular weight is 183 g/mol. The molecule has 0 saturated carbocycles. The first kappa shape index (κ1) is 10.2. The molecule has 0 radical (unpaired) electrons. The van der Waals surface area contributed by atoms with Crippen LogP contribution in [-0.2, 0) is 6.54 Å². The van der Waals surface area contributed by atoms with E-state index in [1.165, 1.54) is 12.1 Å². The van der Waals surface area contributed by atoms with Gasteiger partial charge < -0.3 is 15.4 Å². The van der Waals surface area contributed by atoms with Crippen molar-refractivity contribution in [3.05, 3.63) is 29.6 Å². The highest BCUT2D eigenvalue weighted by molar-refractivity contribution is 6.59. The van der Waals surface area contributed by atoms with Crippen LogP contribution < -0.4 is 10.8 Å². The van der Waals surface area contributed by atoms with Crippen LogP contribution in [0.5, 0.6) is 0 Å². The van der Waals surface area contributed by atoms with E-state index >= 15 is 0 Å². The predicted octanol–water partition coefficient (Wildman–Crippen LogP) is -0.775. The molecule has 70 valence electrons. The van der Waals surface area contributed by atoms with E-state index in [4.69, 9.17) is 10.0 Å². The van der Waals surface area contributed by atoms with Crippen LogP contribution in [0.4, 0.5) is 4.39 Å².